The van der Waals surface area contributed by atoms with Crippen molar-refractivity contribution in [3.8, 4) is 23.0 Å². The van der Waals surface area contributed by atoms with Crippen LogP contribution in [0.5, 0.6) is 23.0 Å². The molecule has 3 saturated heterocycles. The first-order valence-electron chi connectivity index (χ1n) is 16.6. The Hall–Kier alpha value is -4.15. The van der Waals surface area contributed by atoms with Crippen LogP contribution in [0, 0.1) is 18.8 Å². The standard InChI is InChI=1S/C35H40O15/c1-15-8-17(9-23(41-3)30(15)42-4)27-18-10-21-22(46-14-45-21)11-19(18)31(20-12-44-34(40)28(20)27)50-35-33(49-26(38)7-5-6-25(36)37)29(39)32-24(48-35)13-43-16(2)47-32/h8-11,16,20,24,27-29,31-33,35,39H,5-7,12-14H2,1-4H3,(H,36,37)/t16?,20-,24?,27+,28-,29?,31+,32?,33?,35?/m0/s1. The fraction of sp³-hybridized carbons (Fsp3) is 0.571. The summed E-state index contributed by atoms with van der Waals surface area (Å²) in [6, 6.07) is 7.45. The van der Waals surface area contributed by atoms with Crippen LogP contribution in [-0.4, -0.2) is 99.3 Å². The van der Waals surface area contributed by atoms with Gasteiger partial charge in [0.2, 0.25) is 6.79 Å². The number of aliphatic hydroxyl groups excluding tert-OH is 1. The van der Waals surface area contributed by atoms with Crippen LogP contribution in [0.1, 0.15) is 60.5 Å². The molecule has 2 N–H and O–H groups in total. The Morgan fingerprint density at radius 3 is 2.44 bits per heavy atom. The maximum absolute atomic E-state index is 13.7. The summed E-state index contributed by atoms with van der Waals surface area (Å²) in [5.74, 6) is -1.91. The Morgan fingerprint density at radius 2 is 1.72 bits per heavy atom. The molecule has 0 spiro atoms. The molecule has 2 aromatic carbocycles. The summed E-state index contributed by atoms with van der Waals surface area (Å²) in [6.07, 6.45) is -7.65. The molecule has 6 unspecified atom stereocenters. The van der Waals surface area contributed by atoms with E-state index in [9.17, 15) is 19.5 Å². The lowest BCUT2D eigenvalue weighted by molar-refractivity contribution is -0.365. The van der Waals surface area contributed by atoms with E-state index in [0.717, 1.165) is 16.7 Å². The van der Waals surface area contributed by atoms with Crippen LogP contribution in [0.15, 0.2) is 24.3 Å². The number of aryl methyl sites for hydroxylation is 1. The van der Waals surface area contributed by atoms with Gasteiger partial charge in [-0.05, 0) is 60.7 Å². The summed E-state index contributed by atoms with van der Waals surface area (Å²) in [4.78, 5) is 37.7. The van der Waals surface area contributed by atoms with Crippen LogP contribution in [0.2, 0.25) is 0 Å². The Labute approximate surface area is 287 Å². The average Bonchev–Trinajstić information content (AvgIpc) is 3.71. The molecule has 0 bridgehead atoms. The summed E-state index contributed by atoms with van der Waals surface area (Å²) in [6.45, 7) is 3.69. The van der Waals surface area contributed by atoms with Gasteiger partial charge in [-0.25, -0.2) is 0 Å². The molecule has 7 rings (SSSR count). The van der Waals surface area contributed by atoms with Crippen LogP contribution in [0.4, 0.5) is 0 Å². The van der Waals surface area contributed by atoms with Crippen LogP contribution in [-0.2, 0) is 42.8 Å². The third kappa shape index (κ3) is 6.21. The molecule has 3 fully saturated rings. The molecule has 4 aliphatic heterocycles. The molecule has 10 atom stereocenters. The highest BCUT2D eigenvalue weighted by atomic mass is 16.8. The van der Waals surface area contributed by atoms with Gasteiger partial charge in [-0.1, -0.05) is 6.07 Å². The topological polar surface area (TPSA) is 184 Å². The second-order valence-electron chi connectivity index (χ2n) is 13.0. The Balaban J connectivity index is 1.28. The van der Waals surface area contributed by atoms with Crippen molar-refractivity contribution in [2.45, 2.75) is 82.1 Å². The molecule has 2 aromatic rings. The number of esters is 2. The highest BCUT2D eigenvalue weighted by Crippen LogP contribution is 2.56. The predicted molar refractivity (Wildman–Crippen MR) is 167 cm³/mol. The minimum absolute atomic E-state index is 0.0120. The van der Waals surface area contributed by atoms with Crippen molar-refractivity contribution < 1.29 is 72.0 Å². The highest BCUT2D eigenvalue weighted by molar-refractivity contribution is 5.79. The lowest BCUT2D eigenvalue weighted by Crippen LogP contribution is -2.64. The molecule has 50 heavy (non-hydrogen) atoms. The molecule has 0 amide bonds. The van der Waals surface area contributed by atoms with Crippen LogP contribution >= 0.6 is 0 Å². The zero-order valence-electron chi connectivity index (χ0n) is 28.0. The van der Waals surface area contributed by atoms with Gasteiger partial charge in [0.15, 0.2) is 41.7 Å². The highest BCUT2D eigenvalue weighted by Gasteiger charge is 2.57. The minimum Gasteiger partial charge on any atom is -0.493 e. The van der Waals surface area contributed by atoms with Gasteiger partial charge in [-0.15, -0.1) is 0 Å². The van der Waals surface area contributed by atoms with E-state index >= 15 is 0 Å². The van der Waals surface area contributed by atoms with E-state index in [-0.39, 0.29) is 39.3 Å². The Kier molecular flexibility index (Phi) is 9.52. The normalized spacial score (nSPS) is 32.3. The van der Waals surface area contributed by atoms with Gasteiger partial charge in [0.25, 0.3) is 0 Å². The van der Waals surface area contributed by atoms with Crippen molar-refractivity contribution in [1.82, 2.24) is 0 Å². The van der Waals surface area contributed by atoms with E-state index in [1.807, 2.05) is 31.2 Å². The smallest absolute Gasteiger partial charge is 0.310 e. The van der Waals surface area contributed by atoms with Crippen molar-refractivity contribution in [2.24, 2.45) is 11.8 Å². The van der Waals surface area contributed by atoms with Gasteiger partial charge in [0.05, 0.1) is 39.5 Å². The quantitative estimate of drug-likeness (QED) is 0.345. The second-order valence-corrected chi connectivity index (χ2v) is 13.0. The van der Waals surface area contributed by atoms with Gasteiger partial charge < -0.3 is 57.6 Å². The van der Waals surface area contributed by atoms with Crippen molar-refractivity contribution in [2.75, 3.05) is 34.2 Å². The first-order valence-corrected chi connectivity index (χ1v) is 16.6. The molecular formula is C35H40O15. The fourth-order valence-electron chi connectivity index (χ4n) is 7.71. The summed E-state index contributed by atoms with van der Waals surface area (Å²) >= 11 is 0. The fourth-order valence-corrected chi connectivity index (χ4v) is 7.71. The average molecular weight is 701 g/mol. The number of carboxylic acids is 1. The number of ether oxygens (including phenoxy) is 10. The summed E-state index contributed by atoms with van der Waals surface area (Å²) in [5.41, 5.74) is 2.99. The first-order chi connectivity index (χ1) is 24.1. The minimum atomic E-state index is -1.38. The molecule has 4 heterocycles. The van der Waals surface area contributed by atoms with E-state index in [1.54, 1.807) is 21.1 Å². The van der Waals surface area contributed by atoms with E-state index < -0.39 is 78.8 Å². The van der Waals surface area contributed by atoms with Gasteiger partial charge >= 0.3 is 17.9 Å². The predicted octanol–water partition coefficient (Wildman–Crippen LogP) is 2.75. The zero-order valence-corrected chi connectivity index (χ0v) is 28.0. The maximum Gasteiger partial charge on any atom is 0.310 e. The van der Waals surface area contributed by atoms with Gasteiger partial charge in [0.1, 0.15) is 18.3 Å². The van der Waals surface area contributed by atoms with E-state index in [1.165, 1.54) is 0 Å². The van der Waals surface area contributed by atoms with Gasteiger partial charge in [-0.3, -0.25) is 14.4 Å². The van der Waals surface area contributed by atoms with Crippen LogP contribution in [0.3, 0.4) is 0 Å². The number of benzene rings is 2. The van der Waals surface area contributed by atoms with Gasteiger partial charge in [0, 0.05) is 24.7 Å². The number of aliphatic hydroxyl groups is 1. The summed E-state index contributed by atoms with van der Waals surface area (Å²) in [7, 11) is 3.11. The lowest BCUT2D eigenvalue weighted by atomic mass is 9.66. The van der Waals surface area contributed by atoms with E-state index in [2.05, 4.69) is 0 Å². The number of carboxylic acid groups (broad SMARTS) is 1. The molecule has 5 aliphatic rings. The molecular weight excluding hydrogens is 660 g/mol. The zero-order chi connectivity index (χ0) is 35.3. The van der Waals surface area contributed by atoms with E-state index in [0.29, 0.717) is 28.6 Å². The monoisotopic (exact) mass is 700 g/mol. The molecule has 15 nitrogen and oxygen atoms in total. The first kappa shape index (κ1) is 34.3. The van der Waals surface area contributed by atoms with E-state index in [4.69, 9.17) is 52.5 Å². The largest absolute Gasteiger partial charge is 0.493 e. The molecule has 15 heteroatoms. The number of fused-ring (bicyclic) bond motifs is 4. The lowest BCUT2D eigenvalue weighted by Gasteiger charge is -2.48. The molecule has 0 radical (unpaired) electrons. The number of rotatable bonds is 10. The van der Waals surface area contributed by atoms with Crippen molar-refractivity contribution in [3.63, 3.8) is 0 Å². The molecule has 0 saturated carbocycles. The van der Waals surface area contributed by atoms with Crippen LogP contribution in [0.25, 0.3) is 0 Å². The number of carbonyl (C=O) groups is 3. The number of cyclic esters (lactones) is 1. The summed E-state index contributed by atoms with van der Waals surface area (Å²) in [5, 5.41) is 20.6. The van der Waals surface area contributed by atoms with Crippen molar-refractivity contribution in [3.05, 3.63) is 46.5 Å². The SMILES string of the molecule is COc1cc([C@@H]2c3cc4c(cc3[C@@H](OC3OC5COC(C)OC5C(O)C3OC(=O)CCCC(=O)O)[C@H]3COC(=O)[C@H]23)OCO4)cc(C)c1OC. The maximum atomic E-state index is 13.7. The number of hydrogen-bond donors (Lipinski definition) is 2. The molecule has 270 valence electrons. The molecule has 0 aromatic heterocycles. The van der Waals surface area contributed by atoms with Crippen LogP contribution < -0.4 is 18.9 Å². The number of methoxy groups -OCH3 is 2. The summed E-state index contributed by atoms with van der Waals surface area (Å²) < 4.78 is 58.7. The second kappa shape index (κ2) is 13.9. The third-order valence-corrected chi connectivity index (χ3v) is 9.95. The van der Waals surface area contributed by atoms with Gasteiger partial charge in [-0.2, -0.15) is 0 Å². The number of carbonyl (C=O) groups excluding carboxylic acids is 2. The third-order valence-electron chi connectivity index (χ3n) is 9.95. The van der Waals surface area contributed by atoms with Crippen molar-refractivity contribution in [1.29, 1.82) is 0 Å². The number of hydrogen-bond acceptors (Lipinski definition) is 14. The Morgan fingerprint density at radius 1 is 0.960 bits per heavy atom. The number of aliphatic carboxylic acids is 1. The Bertz CT molecular complexity index is 1640. The van der Waals surface area contributed by atoms with Crippen molar-refractivity contribution >= 4 is 17.9 Å². The molecule has 1 aliphatic carbocycles.